The number of nitrogens with one attached hydrogen (secondary N) is 1. The number of piperidine rings is 1. The summed E-state index contributed by atoms with van der Waals surface area (Å²) in [6.45, 7) is 5.33. The highest BCUT2D eigenvalue weighted by molar-refractivity contribution is 7.80. The van der Waals surface area contributed by atoms with Crippen LogP contribution in [0.2, 0.25) is 0 Å². The summed E-state index contributed by atoms with van der Waals surface area (Å²) < 4.78 is 5.22. The molecule has 3 aromatic rings. The molecule has 0 spiro atoms. The Morgan fingerprint density at radius 1 is 1.03 bits per heavy atom. The molecule has 0 aliphatic carbocycles. The van der Waals surface area contributed by atoms with Crippen LogP contribution in [0.5, 0.6) is 0 Å². The van der Waals surface area contributed by atoms with E-state index in [1.807, 2.05) is 74.5 Å². The van der Waals surface area contributed by atoms with E-state index in [-0.39, 0.29) is 5.92 Å². The number of nitrogens with zero attached hydrogens (tertiary/aromatic N) is 2. The van der Waals surface area contributed by atoms with Crippen LogP contribution in [0.1, 0.15) is 35.4 Å². The maximum Gasteiger partial charge on any atom is 0.173 e. The van der Waals surface area contributed by atoms with Crippen LogP contribution >= 0.6 is 12.2 Å². The van der Waals surface area contributed by atoms with Crippen LogP contribution < -0.4 is 5.32 Å². The molecule has 0 bridgehead atoms. The van der Waals surface area contributed by atoms with Crippen molar-refractivity contribution in [3.8, 4) is 0 Å². The van der Waals surface area contributed by atoms with E-state index in [2.05, 4.69) is 15.4 Å². The van der Waals surface area contributed by atoms with Gasteiger partial charge in [-0.3, -0.25) is 0 Å². The maximum atomic E-state index is 12.0. The average Bonchev–Trinajstić information content (AvgIpc) is 3.12. The van der Waals surface area contributed by atoms with Crippen molar-refractivity contribution >= 4 is 23.0 Å². The van der Waals surface area contributed by atoms with Crippen LogP contribution in [-0.4, -0.2) is 33.4 Å². The van der Waals surface area contributed by atoms with Crippen LogP contribution in [0, 0.1) is 19.8 Å². The molecule has 0 saturated carbocycles. The zero-order valence-corrected chi connectivity index (χ0v) is 18.2. The first-order valence-electron chi connectivity index (χ1n) is 10.3. The Kier molecular flexibility index (Phi) is 5.88. The third-order valence-corrected chi connectivity index (χ3v) is 6.43. The van der Waals surface area contributed by atoms with Gasteiger partial charge in [0.1, 0.15) is 17.0 Å². The van der Waals surface area contributed by atoms with E-state index in [0.717, 1.165) is 54.2 Å². The van der Waals surface area contributed by atoms with Gasteiger partial charge in [-0.1, -0.05) is 65.8 Å². The van der Waals surface area contributed by atoms with Crippen molar-refractivity contribution in [2.45, 2.75) is 32.3 Å². The summed E-state index contributed by atoms with van der Waals surface area (Å²) in [6.07, 6.45) is 1.67. The van der Waals surface area contributed by atoms with Crippen molar-refractivity contribution in [2.75, 3.05) is 18.4 Å². The van der Waals surface area contributed by atoms with Gasteiger partial charge >= 0.3 is 0 Å². The number of aliphatic hydroxyl groups is 1. The fraction of sp³-hybridized carbons (Fsp3) is 0.333. The number of thiocarbonyl (C=S) groups is 1. The molecule has 4 rings (SSSR count). The third kappa shape index (κ3) is 3.85. The highest BCUT2D eigenvalue weighted by Gasteiger charge is 2.41. The lowest BCUT2D eigenvalue weighted by Gasteiger charge is -2.43. The van der Waals surface area contributed by atoms with Gasteiger partial charge in [-0.25, -0.2) is 0 Å². The number of hydrogen-bond acceptors (Lipinski definition) is 4. The molecule has 0 radical (unpaired) electrons. The van der Waals surface area contributed by atoms with Crippen LogP contribution in [0.25, 0.3) is 0 Å². The molecule has 2 aromatic carbocycles. The number of aromatic nitrogens is 1. The lowest BCUT2D eigenvalue weighted by molar-refractivity contribution is -0.00631. The molecule has 1 aliphatic rings. The van der Waals surface area contributed by atoms with Gasteiger partial charge in [-0.15, -0.1) is 0 Å². The predicted octanol–water partition coefficient (Wildman–Crippen LogP) is 4.64. The zero-order valence-electron chi connectivity index (χ0n) is 17.3. The molecule has 0 unspecified atom stereocenters. The first-order chi connectivity index (χ1) is 14.5. The molecule has 0 atom stereocenters. The Morgan fingerprint density at radius 3 is 2.03 bits per heavy atom. The van der Waals surface area contributed by atoms with Gasteiger partial charge in [0.25, 0.3) is 0 Å². The van der Waals surface area contributed by atoms with E-state index in [4.69, 9.17) is 16.7 Å². The smallest absolute Gasteiger partial charge is 0.173 e. The molecule has 30 heavy (non-hydrogen) atoms. The fourth-order valence-corrected chi connectivity index (χ4v) is 4.65. The molecule has 1 fully saturated rings. The van der Waals surface area contributed by atoms with Crippen LogP contribution in [0.3, 0.4) is 0 Å². The monoisotopic (exact) mass is 421 g/mol. The number of rotatable bonds is 4. The molecule has 2 heterocycles. The van der Waals surface area contributed by atoms with Crippen molar-refractivity contribution in [3.05, 3.63) is 83.2 Å². The average molecular weight is 422 g/mol. The Labute approximate surface area is 182 Å². The Bertz CT molecular complexity index is 937. The fourth-order valence-electron chi connectivity index (χ4n) is 4.37. The quantitative estimate of drug-likeness (QED) is 0.599. The molecular formula is C24H27N3O2S. The number of anilines is 1. The van der Waals surface area contributed by atoms with Gasteiger partial charge in [-0.2, -0.15) is 0 Å². The van der Waals surface area contributed by atoms with E-state index in [9.17, 15) is 5.11 Å². The first-order valence-corrected chi connectivity index (χ1v) is 10.7. The number of benzene rings is 2. The molecule has 0 amide bonds. The molecule has 2 N–H and O–H groups in total. The summed E-state index contributed by atoms with van der Waals surface area (Å²) in [6, 6.07) is 20.0. The minimum Gasteiger partial charge on any atom is -0.380 e. The highest BCUT2D eigenvalue weighted by Crippen LogP contribution is 2.42. The number of aryl methyl sites for hydroxylation is 2. The Hall–Kier alpha value is -2.70. The SMILES string of the molecule is Cc1noc(C)c1NC(=S)N1CCC(C(O)(c2ccccc2)c2ccccc2)CC1. The van der Waals surface area contributed by atoms with E-state index >= 15 is 0 Å². The second-order valence-electron chi connectivity index (χ2n) is 7.89. The van der Waals surface area contributed by atoms with Crippen molar-refractivity contribution in [2.24, 2.45) is 5.92 Å². The van der Waals surface area contributed by atoms with Gasteiger partial charge in [-0.05, 0) is 56.0 Å². The van der Waals surface area contributed by atoms with E-state index < -0.39 is 5.60 Å². The second-order valence-corrected chi connectivity index (χ2v) is 8.28. The standard InChI is InChI=1S/C24H27N3O2S/c1-17-22(18(2)29-26-17)25-23(30)27-15-13-21(14-16-27)24(28,19-9-5-3-6-10-19)20-11-7-4-8-12-20/h3-12,21,28H,13-16H2,1-2H3,(H,25,30). The van der Waals surface area contributed by atoms with Gasteiger partial charge in [0.15, 0.2) is 10.9 Å². The first kappa shape index (κ1) is 20.6. The zero-order chi connectivity index (χ0) is 21.1. The molecule has 1 aromatic heterocycles. The summed E-state index contributed by atoms with van der Waals surface area (Å²) >= 11 is 5.64. The minimum absolute atomic E-state index is 0.0976. The summed E-state index contributed by atoms with van der Waals surface area (Å²) in [5.74, 6) is 0.827. The van der Waals surface area contributed by atoms with Crippen LogP contribution in [0.15, 0.2) is 65.2 Å². The van der Waals surface area contributed by atoms with E-state index in [0.29, 0.717) is 5.11 Å². The summed E-state index contributed by atoms with van der Waals surface area (Å²) in [5, 5.41) is 19.9. The molecule has 156 valence electrons. The Morgan fingerprint density at radius 2 is 1.57 bits per heavy atom. The molecule has 5 nitrogen and oxygen atoms in total. The van der Waals surface area contributed by atoms with Gasteiger partial charge in [0.2, 0.25) is 0 Å². The number of likely N-dealkylation sites (tertiary alicyclic amines) is 1. The molecule has 1 saturated heterocycles. The summed E-state index contributed by atoms with van der Waals surface area (Å²) in [4.78, 5) is 2.16. The van der Waals surface area contributed by atoms with E-state index in [1.165, 1.54) is 0 Å². The lowest BCUT2D eigenvalue weighted by atomic mass is 9.72. The predicted molar refractivity (Wildman–Crippen MR) is 122 cm³/mol. The summed E-state index contributed by atoms with van der Waals surface area (Å²) in [7, 11) is 0. The van der Waals surface area contributed by atoms with Gasteiger partial charge < -0.3 is 19.8 Å². The molecule has 1 aliphatic heterocycles. The third-order valence-electron chi connectivity index (χ3n) is 6.07. The van der Waals surface area contributed by atoms with Gasteiger partial charge in [0.05, 0.1) is 0 Å². The molecular weight excluding hydrogens is 394 g/mol. The summed E-state index contributed by atoms with van der Waals surface area (Å²) in [5.41, 5.74) is 2.49. The van der Waals surface area contributed by atoms with Crippen molar-refractivity contribution in [1.29, 1.82) is 0 Å². The van der Waals surface area contributed by atoms with Crippen molar-refractivity contribution in [3.63, 3.8) is 0 Å². The maximum absolute atomic E-state index is 12.0. The van der Waals surface area contributed by atoms with Gasteiger partial charge in [0, 0.05) is 13.1 Å². The largest absolute Gasteiger partial charge is 0.380 e. The number of hydrogen-bond donors (Lipinski definition) is 2. The minimum atomic E-state index is -1.02. The lowest BCUT2D eigenvalue weighted by Crippen LogP contribution is -2.47. The van der Waals surface area contributed by atoms with Crippen LogP contribution in [0.4, 0.5) is 5.69 Å². The van der Waals surface area contributed by atoms with E-state index in [1.54, 1.807) is 0 Å². The van der Waals surface area contributed by atoms with Crippen molar-refractivity contribution < 1.29 is 9.63 Å². The second kappa shape index (κ2) is 8.58. The Balaban J connectivity index is 1.52. The van der Waals surface area contributed by atoms with Crippen LogP contribution in [-0.2, 0) is 5.60 Å². The van der Waals surface area contributed by atoms with Crippen molar-refractivity contribution in [1.82, 2.24) is 10.1 Å². The normalized spacial score (nSPS) is 15.2. The topological polar surface area (TPSA) is 61.5 Å². The molecule has 6 heteroatoms. The highest BCUT2D eigenvalue weighted by atomic mass is 32.1.